The van der Waals surface area contributed by atoms with Crippen LogP contribution in [0.4, 0.5) is 0 Å². The zero-order valence-electron chi connectivity index (χ0n) is 7.47. The third-order valence-corrected chi connectivity index (χ3v) is 2.67. The number of ether oxygens (including phenoxy) is 1. The number of rotatable bonds is 4. The van der Waals surface area contributed by atoms with E-state index in [1.807, 2.05) is 6.07 Å². The van der Waals surface area contributed by atoms with Crippen molar-refractivity contribution in [2.24, 2.45) is 0 Å². The van der Waals surface area contributed by atoms with E-state index >= 15 is 0 Å². The molecule has 1 aromatic rings. The molecule has 74 valence electrons. The monoisotopic (exact) mass is 210 g/mol. The molecule has 0 spiro atoms. The van der Waals surface area contributed by atoms with Crippen molar-refractivity contribution in [1.82, 2.24) is 0 Å². The van der Waals surface area contributed by atoms with Crippen LogP contribution in [0.1, 0.15) is 5.56 Å². The highest BCUT2D eigenvalue weighted by molar-refractivity contribution is 8.00. The van der Waals surface area contributed by atoms with Crippen LogP contribution in [0.25, 0.3) is 0 Å². The number of benzene rings is 1. The fraction of sp³-hybridized carbons (Fsp3) is 0.200. The van der Waals surface area contributed by atoms with Crippen LogP contribution in [0.2, 0.25) is 0 Å². The first-order valence-corrected chi connectivity index (χ1v) is 4.93. The van der Waals surface area contributed by atoms with E-state index in [-0.39, 0.29) is 5.75 Å². The molecule has 0 aliphatic carbocycles. The van der Waals surface area contributed by atoms with Crippen molar-refractivity contribution >= 4 is 12.0 Å². The number of para-hydroxylation sites is 1. The normalized spacial score (nSPS) is 24.6. The zero-order chi connectivity index (χ0) is 10.0. The summed E-state index contributed by atoms with van der Waals surface area (Å²) in [6.07, 6.45) is 1.64. The van der Waals surface area contributed by atoms with E-state index in [0.29, 0.717) is 12.2 Å². The first-order chi connectivity index (χ1) is 6.78. The number of hydrogen-bond donors (Lipinski definition) is 1. The summed E-state index contributed by atoms with van der Waals surface area (Å²) in [5.74, 6) is 0.182. The van der Waals surface area contributed by atoms with Crippen LogP contribution in [0, 0.1) is 0 Å². The van der Waals surface area contributed by atoms with Gasteiger partial charge in [0.25, 0.3) is 5.12 Å². The predicted molar refractivity (Wildman–Crippen MR) is 54.6 cm³/mol. The van der Waals surface area contributed by atoms with Gasteiger partial charge in [-0.25, -0.2) is 0 Å². The third-order valence-electron chi connectivity index (χ3n) is 1.86. The number of phenols is 1. The van der Waals surface area contributed by atoms with Gasteiger partial charge in [0, 0.05) is 0 Å². The fourth-order valence-corrected chi connectivity index (χ4v) is 1.75. The highest BCUT2D eigenvalue weighted by Crippen LogP contribution is 2.58. The van der Waals surface area contributed by atoms with Crippen molar-refractivity contribution in [2.45, 2.75) is 5.12 Å². The molecule has 1 aliphatic heterocycles. The quantitative estimate of drug-likeness (QED) is 0.470. The molecule has 14 heavy (non-hydrogen) atoms. The molecule has 0 amide bonds. The molecule has 1 aliphatic rings. The molecule has 1 N–H and O–H groups in total. The van der Waals surface area contributed by atoms with Gasteiger partial charge in [-0.1, -0.05) is 18.2 Å². The van der Waals surface area contributed by atoms with E-state index in [2.05, 4.69) is 6.58 Å². The SMILES string of the molecule is C=CCOC1(c2ccccc2O)OS1. The van der Waals surface area contributed by atoms with Crippen LogP contribution in [0.15, 0.2) is 36.9 Å². The number of aromatic hydroxyl groups is 1. The lowest BCUT2D eigenvalue weighted by Crippen LogP contribution is -2.11. The highest BCUT2D eigenvalue weighted by atomic mass is 32.2. The van der Waals surface area contributed by atoms with Gasteiger partial charge >= 0.3 is 0 Å². The van der Waals surface area contributed by atoms with Crippen molar-refractivity contribution in [2.75, 3.05) is 6.61 Å². The average molecular weight is 210 g/mol. The van der Waals surface area contributed by atoms with Crippen molar-refractivity contribution < 1.29 is 14.0 Å². The van der Waals surface area contributed by atoms with Crippen molar-refractivity contribution in [3.8, 4) is 5.75 Å². The number of phenolic OH excluding ortho intramolecular Hbond substituents is 1. The second-order valence-corrected chi connectivity index (χ2v) is 3.71. The minimum absolute atomic E-state index is 0.182. The Morgan fingerprint density at radius 1 is 1.57 bits per heavy atom. The Kier molecular flexibility index (Phi) is 2.50. The maximum atomic E-state index is 9.59. The molecular formula is C10H10O3S. The lowest BCUT2D eigenvalue weighted by Gasteiger charge is -2.10. The smallest absolute Gasteiger partial charge is 0.286 e. The van der Waals surface area contributed by atoms with Crippen LogP contribution in [-0.4, -0.2) is 11.7 Å². The van der Waals surface area contributed by atoms with Crippen LogP contribution in [-0.2, 0) is 14.0 Å². The van der Waals surface area contributed by atoms with Gasteiger partial charge in [-0.3, -0.25) is 4.18 Å². The average Bonchev–Trinajstić information content (AvgIpc) is 2.97. The molecule has 0 saturated carbocycles. The molecule has 3 nitrogen and oxygen atoms in total. The summed E-state index contributed by atoms with van der Waals surface area (Å²) in [4.78, 5) is 0. The fourth-order valence-electron chi connectivity index (χ4n) is 1.15. The molecule has 1 atom stereocenters. The van der Waals surface area contributed by atoms with Crippen LogP contribution >= 0.6 is 12.0 Å². The largest absolute Gasteiger partial charge is 0.507 e. The van der Waals surface area contributed by atoms with Crippen LogP contribution in [0.5, 0.6) is 5.75 Å². The van der Waals surface area contributed by atoms with E-state index in [1.165, 1.54) is 12.0 Å². The molecule has 1 aromatic carbocycles. The van der Waals surface area contributed by atoms with Crippen molar-refractivity contribution in [3.05, 3.63) is 42.5 Å². The Labute approximate surface area is 86.5 Å². The summed E-state index contributed by atoms with van der Waals surface area (Å²) in [5, 5.41) is 8.77. The van der Waals surface area contributed by atoms with E-state index in [0.717, 1.165) is 0 Å². The van der Waals surface area contributed by atoms with Crippen molar-refractivity contribution in [1.29, 1.82) is 0 Å². The Morgan fingerprint density at radius 2 is 2.29 bits per heavy atom. The van der Waals surface area contributed by atoms with Gasteiger partial charge in [-0.2, -0.15) is 0 Å². The van der Waals surface area contributed by atoms with E-state index in [9.17, 15) is 5.11 Å². The second-order valence-electron chi connectivity index (χ2n) is 2.84. The number of hydrogen-bond acceptors (Lipinski definition) is 4. The van der Waals surface area contributed by atoms with Crippen LogP contribution in [0.3, 0.4) is 0 Å². The molecule has 1 heterocycles. The summed E-state index contributed by atoms with van der Waals surface area (Å²) in [6, 6.07) is 6.97. The molecular weight excluding hydrogens is 200 g/mol. The molecule has 1 unspecified atom stereocenters. The molecule has 0 bridgehead atoms. The first kappa shape index (κ1) is 9.58. The topological polar surface area (TPSA) is 42.0 Å². The van der Waals surface area contributed by atoms with Crippen LogP contribution < -0.4 is 0 Å². The molecule has 0 radical (unpaired) electrons. The first-order valence-electron chi connectivity index (χ1n) is 4.19. The summed E-state index contributed by atoms with van der Waals surface area (Å²) in [5.41, 5.74) is 0.645. The predicted octanol–water partition coefficient (Wildman–Crippen LogP) is 2.38. The van der Waals surface area contributed by atoms with Gasteiger partial charge < -0.3 is 9.84 Å². The van der Waals surface area contributed by atoms with E-state index in [4.69, 9.17) is 8.92 Å². The molecule has 0 aromatic heterocycles. The van der Waals surface area contributed by atoms with E-state index < -0.39 is 5.12 Å². The second kappa shape index (κ2) is 3.65. The van der Waals surface area contributed by atoms with Gasteiger partial charge in [0.15, 0.2) is 0 Å². The van der Waals surface area contributed by atoms with Gasteiger partial charge in [-0.15, -0.1) is 6.58 Å². The van der Waals surface area contributed by atoms with Gasteiger partial charge in [0.2, 0.25) is 0 Å². The van der Waals surface area contributed by atoms with E-state index in [1.54, 1.807) is 24.3 Å². The summed E-state index contributed by atoms with van der Waals surface area (Å²) < 4.78 is 10.6. The minimum atomic E-state index is -0.820. The lowest BCUT2D eigenvalue weighted by atomic mass is 10.2. The Hall–Kier alpha value is -0.970. The minimum Gasteiger partial charge on any atom is -0.507 e. The lowest BCUT2D eigenvalue weighted by molar-refractivity contribution is -0.0340. The maximum Gasteiger partial charge on any atom is 0.286 e. The Bertz CT molecular complexity index is 347. The summed E-state index contributed by atoms with van der Waals surface area (Å²) >= 11 is 1.19. The van der Waals surface area contributed by atoms with Gasteiger partial charge in [-0.05, 0) is 12.1 Å². The van der Waals surface area contributed by atoms with Gasteiger partial charge in [0.05, 0.1) is 24.2 Å². The molecule has 4 heteroatoms. The summed E-state index contributed by atoms with van der Waals surface area (Å²) in [7, 11) is 0. The maximum absolute atomic E-state index is 9.59. The highest BCUT2D eigenvalue weighted by Gasteiger charge is 2.52. The molecule has 2 rings (SSSR count). The van der Waals surface area contributed by atoms with Crippen molar-refractivity contribution in [3.63, 3.8) is 0 Å². The molecule has 1 saturated heterocycles. The third kappa shape index (κ3) is 1.64. The molecule has 1 fully saturated rings. The Morgan fingerprint density at radius 3 is 2.86 bits per heavy atom. The standard InChI is InChI=1S/C10H10O3S/c1-2-7-12-10(13-14-10)8-5-3-4-6-9(8)11/h2-6,11H,1,7H2. The Balaban J connectivity index is 2.22. The van der Waals surface area contributed by atoms with Gasteiger partial charge in [0.1, 0.15) is 5.75 Å². The zero-order valence-corrected chi connectivity index (χ0v) is 8.29. The summed E-state index contributed by atoms with van der Waals surface area (Å²) in [6.45, 7) is 3.95.